The van der Waals surface area contributed by atoms with Crippen LogP contribution in [0.1, 0.15) is 21.5 Å². The first-order chi connectivity index (χ1) is 11.6. The van der Waals surface area contributed by atoms with Gasteiger partial charge in [-0.2, -0.15) is 0 Å². The number of benzene rings is 2. The summed E-state index contributed by atoms with van der Waals surface area (Å²) in [4.78, 5) is 22.9. The van der Waals surface area contributed by atoms with Crippen molar-refractivity contribution in [3.63, 3.8) is 0 Å². The second-order valence-corrected chi connectivity index (χ2v) is 7.31. The molecule has 0 aliphatic heterocycles. The highest BCUT2D eigenvalue weighted by Gasteiger charge is 2.16. The van der Waals surface area contributed by atoms with Crippen LogP contribution in [-0.2, 0) is 10.0 Å². The smallest absolute Gasteiger partial charge is 0.274 e. The maximum Gasteiger partial charge on any atom is 0.274 e. The van der Waals surface area contributed by atoms with E-state index in [0.29, 0.717) is 22.5 Å². The van der Waals surface area contributed by atoms with Gasteiger partial charge in [-0.1, -0.05) is 12.1 Å². The SMILES string of the molecule is Cc1ccc(C(=O)Nc2cccc([N+](=O)[O-])c2C)cc1NS(C)(=O)=O. The van der Waals surface area contributed by atoms with Crippen molar-refractivity contribution in [2.45, 2.75) is 13.8 Å². The summed E-state index contributed by atoms with van der Waals surface area (Å²) in [6.45, 7) is 3.25. The monoisotopic (exact) mass is 363 g/mol. The summed E-state index contributed by atoms with van der Waals surface area (Å²) in [5.41, 5.74) is 1.74. The van der Waals surface area contributed by atoms with Crippen LogP contribution in [0.25, 0.3) is 0 Å². The van der Waals surface area contributed by atoms with Crippen molar-refractivity contribution in [2.24, 2.45) is 0 Å². The fraction of sp³-hybridized carbons (Fsp3) is 0.188. The molecule has 0 fully saturated rings. The number of nitro groups is 1. The predicted octanol–water partition coefficient (Wildman–Crippen LogP) is 2.84. The van der Waals surface area contributed by atoms with Gasteiger partial charge < -0.3 is 5.32 Å². The number of nitrogens with one attached hydrogen (secondary N) is 2. The fourth-order valence-electron chi connectivity index (χ4n) is 2.22. The molecule has 8 nitrogen and oxygen atoms in total. The number of anilines is 2. The Balaban J connectivity index is 2.32. The number of nitrogens with zero attached hydrogens (tertiary/aromatic N) is 1. The maximum atomic E-state index is 12.4. The van der Waals surface area contributed by atoms with Gasteiger partial charge in [0.15, 0.2) is 0 Å². The molecule has 2 N–H and O–H groups in total. The lowest BCUT2D eigenvalue weighted by Crippen LogP contribution is -2.15. The second-order valence-electron chi connectivity index (χ2n) is 5.56. The van der Waals surface area contributed by atoms with Crippen LogP contribution in [0.4, 0.5) is 17.1 Å². The lowest BCUT2D eigenvalue weighted by atomic mass is 10.1. The summed E-state index contributed by atoms with van der Waals surface area (Å²) >= 11 is 0. The van der Waals surface area contributed by atoms with Crippen LogP contribution >= 0.6 is 0 Å². The molecule has 0 heterocycles. The molecule has 0 aliphatic rings. The molecule has 0 unspecified atom stereocenters. The van der Waals surface area contributed by atoms with Gasteiger partial charge in [0.25, 0.3) is 11.6 Å². The topological polar surface area (TPSA) is 118 Å². The second kappa shape index (κ2) is 6.89. The van der Waals surface area contributed by atoms with Crippen molar-refractivity contribution in [2.75, 3.05) is 16.3 Å². The van der Waals surface area contributed by atoms with Crippen molar-refractivity contribution in [3.8, 4) is 0 Å². The summed E-state index contributed by atoms with van der Waals surface area (Å²) < 4.78 is 25.1. The molecule has 0 radical (unpaired) electrons. The number of amides is 1. The van der Waals surface area contributed by atoms with E-state index >= 15 is 0 Å². The number of nitro benzene ring substituents is 1. The molecule has 1 amide bonds. The van der Waals surface area contributed by atoms with Gasteiger partial charge >= 0.3 is 0 Å². The van der Waals surface area contributed by atoms with Gasteiger partial charge in [0.1, 0.15) is 0 Å². The van der Waals surface area contributed by atoms with Gasteiger partial charge in [-0.15, -0.1) is 0 Å². The standard InChI is InChI=1S/C16H17N3O5S/c1-10-7-8-12(9-14(10)18-25(3,23)24)16(20)17-13-5-4-6-15(11(13)2)19(21)22/h4-9,18H,1-3H3,(H,17,20). The Kier molecular flexibility index (Phi) is 5.07. The molecule has 2 aromatic carbocycles. The molecule has 2 aromatic rings. The molecular formula is C16H17N3O5S. The maximum absolute atomic E-state index is 12.4. The fourth-order valence-corrected chi connectivity index (χ4v) is 2.84. The van der Waals surface area contributed by atoms with Gasteiger partial charge in [0.05, 0.1) is 28.1 Å². The van der Waals surface area contributed by atoms with Gasteiger partial charge in [0, 0.05) is 11.6 Å². The van der Waals surface area contributed by atoms with E-state index in [1.54, 1.807) is 32.0 Å². The number of rotatable bonds is 5. The first-order valence-corrected chi connectivity index (χ1v) is 9.11. The van der Waals surface area contributed by atoms with Gasteiger partial charge in [-0.25, -0.2) is 8.42 Å². The molecule has 2 rings (SSSR count). The van der Waals surface area contributed by atoms with E-state index in [-0.39, 0.29) is 11.3 Å². The minimum absolute atomic E-state index is 0.0962. The van der Waals surface area contributed by atoms with E-state index in [0.717, 1.165) is 6.26 Å². The van der Waals surface area contributed by atoms with Crippen LogP contribution in [0.3, 0.4) is 0 Å². The molecule has 9 heteroatoms. The molecule has 0 saturated carbocycles. The van der Waals surface area contributed by atoms with Crippen LogP contribution in [0.2, 0.25) is 0 Å². The third-order valence-corrected chi connectivity index (χ3v) is 4.14. The van der Waals surface area contributed by atoms with Crippen molar-refractivity contribution >= 4 is 33.0 Å². The molecular weight excluding hydrogens is 346 g/mol. The molecule has 0 atom stereocenters. The minimum atomic E-state index is -3.48. The van der Waals surface area contributed by atoms with Gasteiger partial charge in [-0.3, -0.25) is 19.6 Å². The number of carbonyl (C=O) groups is 1. The molecule has 0 saturated heterocycles. The average molecular weight is 363 g/mol. The molecule has 0 aliphatic carbocycles. The first kappa shape index (κ1) is 18.4. The molecule has 25 heavy (non-hydrogen) atoms. The van der Waals surface area contributed by atoms with E-state index < -0.39 is 20.9 Å². The van der Waals surface area contributed by atoms with Gasteiger partial charge in [0.2, 0.25) is 10.0 Å². The zero-order chi connectivity index (χ0) is 18.8. The summed E-state index contributed by atoms with van der Waals surface area (Å²) in [6, 6.07) is 8.97. The number of carbonyl (C=O) groups excluding carboxylic acids is 1. The van der Waals surface area contributed by atoms with Crippen molar-refractivity contribution in [1.29, 1.82) is 0 Å². The summed E-state index contributed by atoms with van der Waals surface area (Å²) in [5, 5.41) is 13.6. The van der Waals surface area contributed by atoms with Crippen LogP contribution < -0.4 is 10.0 Å². The number of sulfonamides is 1. The predicted molar refractivity (Wildman–Crippen MR) is 95.4 cm³/mol. The van der Waals surface area contributed by atoms with E-state index in [2.05, 4.69) is 10.0 Å². The summed E-state index contributed by atoms with van der Waals surface area (Å²) in [5.74, 6) is -0.500. The molecule has 0 spiro atoms. The van der Waals surface area contributed by atoms with E-state index in [1.807, 2.05) is 0 Å². The van der Waals surface area contributed by atoms with Crippen molar-refractivity contribution in [3.05, 3.63) is 63.2 Å². The normalized spacial score (nSPS) is 11.0. The number of hydrogen-bond acceptors (Lipinski definition) is 5. The quantitative estimate of drug-likeness (QED) is 0.625. The Hall–Kier alpha value is -2.94. The lowest BCUT2D eigenvalue weighted by Gasteiger charge is -2.12. The van der Waals surface area contributed by atoms with Crippen LogP contribution in [-0.4, -0.2) is 25.5 Å². The van der Waals surface area contributed by atoms with Crippen molar-refractivity contribution in [1.82, 2.24) is 0 Å². The van der Waals surface area contributed by atoms with E-state index in [4.69, 9.17) is 0 Å². The Labute approximate surface area is 145 Å². The Morgan fingerprint density at radius 2 is 1.80 bits per heavy atom. The molecule has 0 bridgehead atoms. The summed E-state index contributed by atoms with van der Waals surface area (Å²) in [7, 11) is -3.48. The van der Waals surface area contributed by atoms with E-state index in [9.17, 15) is 23.3 Å². The highest BCUT2D eigenvalue weighted by Crippen LogP contribution is 2.26. The summed E-state index contributed by atoms with van der Waals surface area (Å²) in [6.07, 6.45) is 1.02. The molecule has 0 aromatic heterocycles. The third-order valence-electron chi connectivity index (χ3n) is 3.55. The van der Waals surface area contributed by atoms with Crippen LogP contribution in [0.15, 0.2) is 36.4 Å². The zero-order valence-corrected chi connectivity index (χ0v) is 14.7. The third kappa shape index (κ3) is 4.54. The zero-order valence-electron chi connectivity index (χ0n) is 13.9. The van der Waals surface area contributed by atoms with Crippen LogP contribution in [0.5, 0.6) is 0 Å². The van der Waals surface area contributed by atoms with Gasteiger partial charge in [-0.05, 0) is 37.6 Å². The number of aryl methyl sites for hydroxylation is 1. The first-order valence-electron chi connectivity index (χ1n) is 7.22. The van der Waals surface area contributed by atoms with E-state index in [1.165, 1.54) is 18.2 Å². The Morgan fingerprint density at radius 1 is 1.12 bits per heavy atom. The minimum Gasteiger partial charge on any atom is -0.321 e. The lowest BCUT2D eigenvalue weighted by molar-refractivity contribution is -0.385. The highest BCUT2D eigenvalue weighted by atomic mass is 32.2. The van der Waals surface area contributed by atoms with Crippen LogP contribution in [0, 0.1) is 24.0 Å². The molecule has 132 valence electrons. The largest absolute Gasteiger partial charge is 0.321 e. The Morgan fingerprint density at radius 3 is 2.40 bits per heavy atom. The Bertz CT molecular complexity index is 954. The average Bonchev–Trinajstić information content (AvgIpc) is 2.49. The highest BCUT2D eigenvalue weighted by molar-refractivity contribution is 7.92. The van der Waals surface area contributed by atoms with Crippen molar-refractivity contribution < 1.29 is 18.1 Å². The number of hydrogen-bond donors (Lipinski definition) is 2.